The van der Waals surface area contributed by atoms with Crippen molar-refractivity contribution in [1.29, 1.82) is 0 Å². The zero-order chi connectivity index (χ0) is 7.56. The molecule has 1 nitrogen and oxygen atoms in total. The number of aromatic nitrogens is 1. The van der Waals surface area contributed by atoms with Crippen molar-refractivity contribution in [1.82, 2.24) is 4.57 Å². The molecule has 1 heteroatoms. The van der Waals surface area contributed by atoms with E-state index in [0.717, 1.165) is 10.7 Å². The van der Waals surface area contributed by atoms with Crippen LogP contribution in [-0.2, 0) is 6.54 Å². The van der Waals surface area contributed by atoms with Crippen molar-refractivity contribution < 1.29 is 0 Å². The van der Waals surface area contributed by atoms with Crippen LogP contribution < -0.4 is 10.7 Å². The molecule has 50 valence electrons. The molecular formula is C9H9N. The SMILES string of the molecule is C#CCn1c(=C)ccc1=C. The Morgan fingerprint density at radius 3 is 2.30 bits per heavy atom. The first kappa shape index (κ1) is 6.70. The summed E-state index contributed by atoms with van der Waals surface area (Å²) in [6.45, 7) is 8.13. The van der Waals surface area contributed by atoms with E-state index in [1.54, 1.807) is 0 Å². The Balaban J connectivity index is 3.27. The van der Waals surface area contributed by atoms with Crippen molar-refractivity contribution >= 4 is 13.2 Å². The van der Waals surface area contributed by atoms with Gasteiger partial charge in [0.15, 0.2) is 0 Å². The summed E-state index contributed by atoms with van der Waals surface area (Å²) in [7, 11) is 0. The van der Waals surface area contributed by atoms with Crippen molar-refractivity contribution in [2.45, 2.75) is 6.54 Å². The lowest BCUT2D eigenvalue weighted by Gasteiger charge is -1.94. The third-order valence-corrected chi connectivity index (χ3v) is 1.41. The molecule has 0 fully saturated rings. The van der Waals surface area contributed by atoms with E-state index in [4.69, 9.17) is 6.42 Å². The Labute approximate surface area is 60.3 Å². The Bertz CT molecular complexity index is 324. The zero-order valence-electron chi connectivity index (χ0n) is 5.80. The lowest BCUT2D eigenvalue weighted by molar-refractivity contribution is 0.798. The van der Waals surface area contributed by atoms with Crippen LogP contribution in [-0.4, -0.2) is 4.57 Å². The first-order valence-corrected chi connectivity index (χ1v) is 3.02. The van der Waals surface area contributed by atoms with Gasteiger partial charge in [-0.1, -0.05) is 19.1 Å². The fourth-order valence-electron chi connectivity index (χ4n) is 0.851. The highest BCUT2D eigenvalue weighted by atomic mass is 14.9. The van der Waals surface area contributed by atoms with Crippen LogP contribution in [0.3, 0.4) is 0 Å². The molecule has 0 N–H and O–H groups in total. The Hall–Kier alpha value is -1.42. The number of hydrogen-bond donors (Lipinski definition) is 0. The molecule has 0 unspecified atom stereocenters. The molecule has 10 heavy (non-hydrogen) atoms. The molecule has 0 aliphatic carbocycles. The van der Waals surface area contributed by atoms with Crippen LogP contribution in [0.25, 0.3) is 13.2 Å². The summed E-state index contributed by atoms with van der Waals surface area (Å²) in [6.07, 6.45) is 5.13. The third kappa shape index (κ3) is 0.964. The molecule has 0 amide bonds. The number of terminal acetylenes is 1. The van der Waals surface area contributed by atoms with Crippen LogP contribution in [0, 0.1) is 12.3 Å². The van der Waals surface area contributed by atoms with E-state index in [-0.39, 0.29) is 0 Å². The Morgan fingerprint density at radius 1 is 1.40 bits per heavy atom. The summed E-state index contributed by atoms with van der Waals surface area (Å²) in [5.74, 6) is 2.53. The van der Waals surface area contributed by atoms with Crippen molar-refractivity contribution in [3.05, 3.63) is 22.8 Å². The largest absolute Gasteiger partial charge is 0.331 e. The zero-order valence-corrected chi connectivity index (χ0v) is 5.80. The van der Waals surface area contributed by atoms with E-state index in [0.29, 0.717) is 6.54 Å². The van der Waals surface area contributed by atoms with Crippen LogP contribution in [0.2, 0.25) is 0 Å². The molecular weight excluding hydrogens is 122 g/mol. The minimum Gasteiger partial charge on any atom is -0.331 e. The lowest BCUT2D eigenvalue weighted by atomic mass is 10.6. The first-order valence-electron chi connectivity index (χ1n) is 3.02. The number of hydrogen-bond acceptors (Lipinski definition) is 0. The van der Waals surface area contributed by atoms with Crippen LogP contribution in [0.5, 0.6) is 0 Å². The maximum atomic E-state index is 5.13. The fraction of sp³-hybridized carbons (Fsp3) is 0.111. The second-order valence-electron chi connectivity index (χ2n) is 2.11. The second kappa shape index (κ2) is 2.45. The molecule has 0 saturated heterocycles. The second-order valence-corrected chi connectivity index (χ2v) is 2.11. The van der Waals surface area contributed by atoms with Gasteiger partial charge in [-0.15, -0.1) is 6.42 Å². The van der Waals surface area contributed by atoms with Crippen LogP contribution in [0.4, 0.5) is 0 Å². The quantitative estimate of drug-likeness (QED) is 0.471. The maximum absolute atomic E-state index is 5.13. The lowest BCUT2D eigenvalue weighted by Crippen LogP contribution is -2.23. The van der Waals surface area contributed by atoms with Gasteiger partial charge in [-0.2, -0.15) is 0 Å². The molecule has 1 heterocycles. The van der Waals surface area contributed by atoms with Gasteiger partial charge in [0.1, 0.15) is 0 Å². The summed E-state index contributed by atoms with van der Waals surface area (Å²) < 4.78 is 1.89. The molecule has 0 bridgehead atoms. The summed E-state index contributed by atoms with van der Waals surface area (Å²) in [5.41, 5.74) is 0. The predicted molar refractivity (Wildman–Crippen MR) is 43.6 cm³/mol. The van der Waals surface area contributed by atoms with Gasteiger partial charge in [-0.25, -0.2) is 0 Å². The fourth-order valence-corrected chi connectivity index (χ4v) is 0.851. The Kier molecular flexibility index (Phi) is 1.64. The Morgan fingerprint density at radius 2 is 1.90 bits per heavy atom. The highest BCUT2D eigenvalue weighted by molar-refractivity contribution is 5.10. The predicted octanol–water partition coefficient (Wildman–Crippen LogP) is -0.0581. The van der Waals surface area contributed by atoms with Gasteiger partial charge < -0.3 is 4.57 Å². The summed E-state index contributed by atoms with van der Waals surface area (Å²) >= 11 is 0. The van der Waals surface area contributed by atoms with Crippen molar-refractivity contribution in [2.24, 2.45) is 0 Å². The van der Waals surface area contributed by atoms with Gasteiger partial charge >= 0.3 is 0 Å². The highest BCUT2D eigenvalue weighted by Crippen LogP contribution is 1.70. The average molecular weight is 131 g/mol. The van der Waals surface area contributed by atoms with Crippen LogP contribution >= 0.6 is 0 Å². The topological polar surface area (TPSA) is 4.93 Å². The third-order valence-electron chi connectivity index (χ3n) is 1.41. The van der Waals surface area contributed by atoms with Gasteiger partial charge in [0.25, 0.3) is 0 Å². The molecule has 0 aromatic carbocycles. The monoisotopic (exact) mass is 131 g/mol. The molecule has 1 aromatic rings. The van der Waals surface area contributed by atoms with Gasteiger partial charge in [-0.05, 0) is 12.1 Å². The summed E-state index contributed by atoms with van der Waals surface area (Å²) in [6, 6.07) is 3.80. The van der Waals surface area contributed by atoms with Gasteiger partial charge in [0.05, 0.1) is 6.54 Å². The van der Waals surface area contributed by atoms with E-state index in [1.165, 1.54) is 0 Å². The molecule has 0 spiro atoms. The summed E-state index contributed by atoms with van der Waals surface area (Å²) in [5, 5.41) is 1.84. The van der Waals surface area contributed by atoms with E-state index < -0.39 is 0 Å². The average Bonchev–Trinajstić information content (AvgIpc) is 2.20. The molecule has 1 aromatic heterocycles. The van der Waals surface area contributed by atoms with Crippen LogP contribution in [0.15, 0.2) is 12.1 Å². The van der Waals surface area contributed by atoms with Crippen molar-refractivity contribution in [3.63, 3.8) is 0 Å². The first-order chi connectivity index (χ1) is 4.75. The number of rotatable bonds is 1. The van der Waals surface area contributed by atoms with E-state index in [2.05, 4.69) is 19.1 Å². The number of nitrogens with zero attached hydrogens (tertiary/aromatic N) is 1. The molecule has 0 aliphatic rings. The molecule has 0 radical (unpaired) electrons. The molecule has 1 rings (SSSR count). The minimum atomic E-state index is 0.560. The van der Waals surface area contributed by atoms with E-state index >= 15 is 0 Å². The normalized spacial score (nSPS) is 9.10. The standard InChI is InChI=1S/C9H9N/c1-4-7-10-8(2)5-6-9(10)3/h1,5-6H,2-3,7H2. The van der Waals surface area contributed by atoms with Gasteiger partial charge in [0, 0.05) is 10.7 Å². The van der Waals surface area contributed by atoms with Gasteiger partial charge in [-0.3, -0.25) is 0 Å². The van der Waals surface area contributed by atoms with Crippen molar-refractivity contribution in [2.75, 3.05) is 0 Å². The smallest absolute Gasteiger partial charge is 0.0840 e. The van der Waals surface area contributed by atoms with E-state index in [1.807, 2.05) is 16.7 Å². The van der Waals surface area contributed by atoms with Crippen LogP contribution in [0.1, 0.15) is 0 Å². The van der Waals surface area contributed by atoms with Gasteiger partial charge in [0.2, 0.25) is 0 Å². The van der Waals surface area contributed by atoms with Crippen molar-refractivity contribution in [3.8, 4) is 12.3 Å². The molecule has 0 aliphatic heterocycles. The maximum Gasteiger partial charge on any atom is 0.0840 e. The highest BCUT2D eigenvalue weighted by Gasteiger charge is 1.87. The minimum absolute atomic E-state index is 0.560. The van der Waals surface area contributed by atoms with E-state index in [9.17, 15) is 0 Å². The molecule has 0 atom stereocenters. The summed E-state index contributed by atoms with van der Waals surface area (Å²) in [4.78, 5) is 0. The molecule has 0 saturated carbocycles.